The highest BCUT2D eigenvalue weighted by Crippen LogP contribution is 2.18. The van der Waals surface area contributed by atoms with Crippen LogP contribution in [0.25, 0.3) is 0 Å². The van der Waals surface area contributed by atoms with E-state index < -0.39 is 0 Å². The molecule has 3 heteroatoms. The second-order valence-corrected chi connectivity index (χ2v) is 2.87. The van der Waals surface area contributed by atoms with E-state index in [2.05, 4.69) is 0 Å². The van der Waals surface area contributed by atoms with Gasteiger partial charge in [-0.25, -0.2) is 0 Å². The van der Waals surface area contributed by atoms with Gasteiger partial charge in [0.15, 0.2) is 0 Å². The maximum Gasteiger partial charge on any atom is 0.0685 e. The Balaban J connectivity index is 0.00000144. The molecule has 0 aliphatic heterocycles. The predicted molar refractivity (Wildman–Crippen MR) is 56.8 cm³/mol. The number of nitrogens with two attached hydrogens (primary N) is 1. The van der Waals surface area contributed by atoms with Crippen molar-refractivity contribution in [3.05, 3.63) is 35.4 Å². The summed E-state index contributed by atoms with van der Waals surface area (Å²) in [4.78, 5) is 0. The quantitative estimate of drug-likeness (QED) is 0.786. The third kappa shape index (κ3) is 2.99. The van der Waals surface area contributed by atoms with Crippen LogP contribution in [0.5, 0.6) is 0 Å². The molecule has 1 atom stereocenters. The summed E-state index contributed by atoms with van der Waals surface area (Å²) in [6.07, 6.45) is 0.900. The molecule has 0 radical (unpaired) electrons. The first kappa shape index (κ1) is 12.4. The van der Waals surface area contributed by atoms with Crippen molar-refractivity contribution in [3.8, 4) is 0 Å². The van der Waals surface area contributed by atoms with Gasteiger partial charge in [-0.1, -0.05) is 31.2 Å². The van der Waals surface area contributed by atoms with Crippen molar-refractivity contribution in [1.29, 1.82) is 0 Å². The highest BCUT2D eigenvalue weighted by atomic mass is 35.5. The molecule has 0 spiro atoms. The molecular formula is C10H16ClNO. The molecule has 0 bridgehead atoms. The molecule has 2 nitrogen and oxygen atoms in total. The smallest absolute Gasteiger partial charge is 0.0685 e. The zero-order valence-corrected chi connectivity index (χ0v) is 8.55. The summed E-state index contributed by atoms with van der Waals surface area (Å²) in [5.74, 6) is 0. The van der Waals surface area contributed by atoms with Crippen LogP contribution in [0.1, 0.15) is 30.5 Å². The molecule has 1 aromatic carbocycles. The van der Waals surface area contributed by atoms with Crippen LogP contribution in [0.15, 0.2) is 24.3 Å². The third-order valence-electron chi connectivity index (χ3n) is 2.06. The van der Waals surface area contributed by atoms with E-state index in [1.165, 1.54) is 0 Å². The van der Waals surface area contributed by atoms with Gasteiger partial charge in [0.05, 0.1) is 6.61 Å². The number of aliphatic hydroxyl groups excluding tert-OH is 1. The van der Waals surface area contributed by atoms with Crippen LogP contribution in [0.2, 0.25) is 0 Å². The fraction of sp³-hybridized carbons (Fsp3) is 0.400. The van der Waals surface area contributed by atoms with Crippen LogP contribution in [0.3, 0.4) is 0 Å². The summed E-state index contributed by atoms with van der Waals surface area (Å²) in [6, 6.07) is 7.79. The van der Waals surface area contributed by atoms with E-state index in [-0.39, 0.29) is 25.1 Å². The zero-order valence-electron chi connectivity index (χ0n) is 7.73. The first-order valence-corrected chi connectivity index (χ1v) is 4.23. The van der Waals surface area contributed by atoms with Gasteiger partial charge in [0.25, 0.3) is 0 Å². The maximum absolute atomic E-state index is 9.01. The van der Waals surface area contributed by atoms with Crippen molar-refractivity contribution in [2.75, 3.05) is 0 Å². The first-order valence-electron chi connectivity index (χ1n) is 4.23. The monoisotopic (exact) mass is 201 g/mol. The number of hydrogen-bond donors (Lipinski definition) is 2. The average Bonchev–Trinajstić information content (AvgIpc) is 2.16. The highest BCUT2D eigenvalue weighted by molar-refractivity contribution is 5.85. The van der Waals surface area contributed by atoms with E-state index in [4.69, 9.17) is 10.8 Å². The van der Waals surface area contributed by atoms with Gasteiger partial charge in [-0.2, -0.15) is 0 Å². The molecule has 0 aliphatic rings. The van der Waals surface area contributed by atoms with E-state index in [0.717, 1.165) is 17.5 Å². The molecule has 0 fully saturated rings. The fourth-order valence-corrected chi connectivity index (χ4v) is 1.26. The van der Waals surface area contributed by atoms with Gasteiger partial charge >= 0.3 is 0 Å². The van der Waals surface area contributed by atoms with Crippen molar-refractivity contribution < 1.29 is 5.11 Å². The Labute approximate surface area is 85.2 Å². The van der Waals surface area contributed by atoms with Crippen LogP contribution in [-0.4, -0.2) is 5.11 Å². The molecule has 74 valence electrons. The maximum atomic E-state index is 9.01. The van der Waals surface area contributed by atoms with Gasteiger partial charge < -0.3 is 10.8 Å². The number of halogens is 1. The molecule has 0 aliphatic carbocycles. The van der Waals surface area contributed by atoms with Crippen LogP contribution in [0.4, 0.5) is 0 Å². The van der Waals surface area contributed by atoms with E-state index in [1.54, 1.807) is 0 Å². The molecule has 0 saturated carbocycles. The summed E-state index contributed by atoms with van der Waals surface area (Å²) in [5, 5.41) is 9.01. The van der Waals surface area contributed by atoms with Crippen molar-refractivity contribution >= 4 is 12.4 Å². The number of benzene rings is 1. The minimum absolute atomic E-state index is 0. The number of hydrogen-bond acceptors (Lipinski definition) is 2. The summed E-state index contributed by atoms with van der Waals surface area (Å²) in [5.41, 5.74) is 7.85. The Morgan fingerprint density at radius 1 is 1.38 bits per heavy atom. The molecule has 1 rings (SSSR count). The Kier molecular flexibility index (Phi) is 5.71. The second kappa shape index (κ2) is 5.97. The second-order valence-electron chi connectivity index (χ2n) is 2.87. The SMILES string of the molecule is CCC(N)c1ccccc1CO.Cl. The minimum Gasteiger partial charge on any atom is -0.392 e. The van der Waals surface area contributed by atoms with E-state index >= 15 is 0 Å². The van der Waals surface area contributed by atoms with E-state index in [1.807, 2.05) is 31.2 Å². The van der Waals surface area contributed by atoms with Crippen LogP contribution >= 0.6 is 12.4 Å². The predicted octanol–water partition coefficient (Wildman–Crippen LogP) is 2.01. The van der Waals surface area contributed by atoms with Crippen LogP contribution in [-0.2, 0) is 6.61 Å². The Morgan fingerprint density at radius 3 is 2.54 bits per heavy atom. The summed E-state index contributed by atoms with van der Waals surface area (Å²) < 4.78 is 0. The Morgan fingerprint density at radius 2 is 2.00 bits per heavy atom. The van der Waals surface area contributed by atoms with Gasteiger partial charge in [0, 0.05) is 6.04 Å². The Bertz CT molecular complexity index is 252. The third-order valence-corrected chi connectivity index (χ3v) is 2.06. The zero-order chi connectivity index (χ0) is 8.97. The van der Waals surface area contributed by atoms with E-state index in [9.17, 15) is 0 Å². The Hall–Kier alpha value is -0.570. The first-order chi connectivity index (χ1) is 5.79. The number of rotatable bonds is 3. The minimum atomic E-state index is 0. The van der Waals surface area contributed by atoms with Gasteiger partial charge in [0.2, 0.25) is 0 Å². The lowest BCUT2D eigenvalue weighted by Gasteiger charge is -2.12. The van der Waals surface area contributed by atoms with E-state index in [0.29, 0.717) is 0 Å². The topological polar surface area (TPSA) is 46.2 Å². The van der Waals surface area contributed by atoms with Gasteiger partial charge in [-0.05, 0) is 17.5 Å². The lowest BCUT2D eigenvalue weighted by molar-refractivity contribution is 0.280. The molecule has 0 aromatic heterocycles. The molecule has 0 saturated heterocycles. The normalized spacial score (nSPS) is 11.9. The van der Waals surface area contributed by atoms with Gasteiger partial charge in [0.1, 0.15) is 0 Å². The molecule has 3 N–H and O–H groups in total. The standard InChI is InChI=1S/C10H15NO.ClH/c1-2-10(11)9-6-4-3-5-8(9)7-12;/h3-6,10,12H,2,7,11H2,1H3;1H. The van der Waals surface area contributed by atoms with Crippen molar-refractivity contribution in [3.63, 3.8) is 0 Å². The molecule has 13 heavy (non-hydrogen) atoms. The fourth-order valence-electron chi connectivity index (χ4n) is 1.26. The van der Waals surface area contributed by atoms with Gasteiger partial charge in [-0.3, -0.25) is 0 Å². The van der Waals surface area contributed by atoms with Crippen LogP contribution in [0, 0.1) is 0 Å². The van der Waals surface area contributed by atoms with Gasteiger partial charge in [-0.15, -0.1) is 12.4 Å². The van der Waals surface area contributed by atoms with Crippen LogP contribution < -0.4 is 5.73 Å². The average molecular weight is 202 g/mol. The molecular weight excluding hydrogens is 186 g/mol. The number of aliphatic hydroxyl groups is 1. The molecule has 1 unspecified atom stereocenters. The largest absolute Gasteiger partial charge is 0.392 e. The van der Waals surface area contributed by atoms with Crippen molar-refractivity contribution in [2.24, 2.45) is 5.73 Å². The molecule has 0 amide bonds. The summed E-state index contributed by atoms with van der Waals surface area (Å²) in [6.45, 7) is 2.11. The van der Waals surface area contributed by atoms with Crippen molar-refractivity contribution in [2.45, 2.75) is 26.0 Å². The highest BCUT2D eigenvalue weighted by Gasteiger charge is 2.06. The lowest BCUT2D eigenvalue weighted by Crippen LogP contribution is -2.11. The molecule has 1 aromatic rings. The van der Waals surface area contributed by atoms with Crippen molar-refractivity contribution in [1.82, 2.24) is 0 Å². The summed E-state index contributed by atoms with van der Waals surface area (Å²) >= 11 is 0. The lowest BCUT2D eigenvalue weighted by atomic mass is 10.00. The molecule has 0 heterocycles. The summed E-state index contributed by atoms with van der Waals surface area (Å²) in [7, 11) is 0.